The molecular weight excluding hydrogens is 318 g/mol. The third-order valence-electron chi connectivity index (χ3n) is 4.72. The molecule has 0 aliphatic carbocycles. The number of piperazine rings is 1. The van der Waals surface area contributed by atoms with Gasteiger partial charge in [0.2, 0.25) is 0 Å². The minimum absolute atomic E-state index is 0.131. The average Bonchev–Trinajstić information content (AvgIpc) is 2.61. The second-order valence-electron chi connectivity index (χ2n) is 6.36. The number of ether oxygens (including phenoxy) is 1. The summed E-state index contributed by atoms with van der Waals surface area (Å²) in [6, 6.07) is 11.1. The summed E-state index contributed by atoms with van der Waals surface area (Å²) in [6.45, 7) is 7.76. The van der Waals surface area contributed by atoms with E-state index in [1.807, 2.05) is 12.1 Å². The van der Waals surface area contributed by atoms with Crippen LogP contribution in [0.25, 0.3) is 0 Å². The molecule has 3 rings (SSSR count). The Morgan fingerprint density at radius 3 is 1.84 bits per heavy atom. The van der Waals surface area contributed by atoms with Crippen molar-refractivity contribution in [2.24, 2.45) is 0 Å². The van der Waals surface area contributed by atoms with Gasteiger partial charge in [-0.3, -0.25) is 10.1 Å². The van der Waals surface area contributed by atoms with Crippen molar-refractivity contribution in [3.8, 4) is 5.75 Å². The van der Waals surface area contributed by atoms with E-state index in [9.17, 15) is 10.1 Å². The molecule has 0 atom stereocenters. The molecule has 0 bridgehead atoms. The zero-order valence-electron chi connectivity index (χ0n) is 14.9. The molecule has 132 valence electrons. The molecule has 25 heavy (non-hydrogen) atoms. The molecule has 1 saturated heterocycles. The Morgan fingerprint density at radius 2 is 1.40 bits per heavy atom. The normalized spacial score (nSPS) is 14.5. The molecule has 6 nitrogen and oxygen atoms in total. The molecule has 0 saturated carbocycles. The summed E-state index contributed by atoms with van der Waals surface area (Å²) in [5.74, 6) is 0.952. The molecule has 6 heteroatoms. The van der Waals surface area contributed by atoms with Crippen LogP contribution in [0.3, 0.4) is 0 Å². The Bertz CT molecular complexity index is 743. The van der Waals surface area contributed by atoms with Gasteiger partial charge in [-0.2, -0.15) is 0 Å². The quantitative estimate of drug-likeness (QED) is 0.629. The van der Waals surface area contributed by atoms with Gasteiger partial charge in [-0.25, -0.2) is 0 Å². The molecule has 0 N–H and O–H groups in total. The van der Waals surface area contributed by atoms with E-state index in [0.717, 1.165) is 48.7 Å². The first-order chi connectivity index (χ1) is 12.0. The maximum atomic E-state index is 10.8. The van der Waals surface area contributed by atoms with Gasteiger partial charge in [-0.05, 0) is 49.2 Å². The Balaban J connectivity index is 1.68. The number of non-ortho nitro benzene ring substituents is 1. The van der Waals surface area contributed by atoms with Crippen molar-refractivity contribution in [3.05, 3.63) is 57.6 Å². The van der Waals surface area contributed by atoms with Gasteiger partial charge in [0.25, 0.3) is 5.69 Å². The van der Waals surface area contributed by atoms with Crippen molar-refractivity contribution in [3.63, 3.8) is 0 Å². The van der Waals surface area contributed by atoms with Gasteiger partial charge in [-0.15, -0.1) is 0 Å². The SMILES string of the molecule is COc1c(C)cc(N2CCN(c3ccc([N+](=O)[O-])cc3)CC2)cc1C. The standard InChI is InChI=1S/C19H23N3O3/c1-14-12-18(13-15(2)19(14)25-3)21-10-8-20(9-11-21)16-4-6-17(7-5-16)22(23)24/h4-7,12-13H,8-11H2,1-3H3. The monoisotopic (exact) mass is 341 g/mol. The Labute approximate surface area is 147 Å². The maximum absolute atomic E-state index is 10.8. The minimum Gasteiger partial charge on any atom is -0.496 e. The van der Waals surface area contributed by atoms with Gasteiger partial charge in [0.1, 0.15) is 5.75 Å². The van der Waals surface area contributed by atoms with Crippen LogP contribution in [0.4, 0.5) is 17.1 Å². The number of methoxy groups -OCH3 is 1. The topological polar surface area (TPSA) is 58.8 Å². The summed E-state index contributed by atoms with van der Waals surface area (Å²) >= 11 is 0. The summed E-state index contributed by atoms with van der Waals surface area (Å²) in [4.78, 5) is 15.0. The van der Waals surface area contributed by atoms with Crippen molar-refractivity contribution >= 4 is 17.1 Å². The molecule has 0 amide bonds. The third kappa shape index (κ3) is 3.52. The number of nitrogens with zero attached hydrogens (tertiary/aromatic N) is 3. The smallest absolute Gasteiger partial charge is 0.269 e. The molecule has 1 aliphatic rings. The van der Waals surface area contributed by atoms with Gasteiger partial charge in [-0.1, -0.05) is 0 Å². The van der Waals surface area contributed by atoms with Gasteiger partial charge in [0.05, 0.1) is 12.0 Å². The Morgan fingerprint density at radius 1 is 0.920 bits per heavy atom. The van der Waals surface area contributed by atoms with E-state index in [2.05, 4.69) is 35.8 Å². The first-order valence-electron chi connectivity index (χ1n) is 8.39. The fourth-order valence-electron chi connectivity index (χ4n) is 3.44. The number of aryl methyl sites for hydroxylation is 2. The van der Waals surface area contributed by atoms with E-state index in [4.69, 9.17) is 4.74 Å². The molecule has 0 aromatic heterocycles. The summed E-state index contributed by atoms with van der Waals surface area (Å²) in [6.07, 6.45) is 0. The maximum Gasteiger partial charge on any atom is 0.269 e. The zero-order valence-corrected chi connectivity index (χ0v) is 14.9. The van der Waals surface area contributed by atoms with E-state index >= 15 is 0 Å². The van der Waals surface area contributed by atoms with Crippen molar-refractivity contribution in [1.82, 2.24) is 0 Å². The predicted molar refractivity (Wildman–Crippen MR) is 100.0 cm³/mol. The van der Waals surface area contributed by atoms with E-state index in [1.54, 1.807) is 19.2 Å². The first-order valence-corrected chi connectivity index (χ1v) is 8.39. The number of anilines is 2. The van der Waals surface area contributed by atoms with Crippen LogP contribution in [0, 0.1) is 24.0 Å². The molecule has 2 aromatic carbocycles. The highest BCUT2D eigenvalue weighted by Crippen LogP contribution is 2.30. The molecule has 1 aliphatic heterocycles. The van der Waals surface area contributed by atoms with Crippen molar-refractivity contribution in [2.45, 2.75) is 13.8 Å². The number of benzene rings is 2. The predicted octanol–water partition coefficient (Wildman–Crippen LogP) is 3.55. The van der Waals surface area contributed by atoms with Gasteiger partial charge < -0.3 is 14.5 Å². The van der Waals surface area contributed by atoms with Crippen LogP contribution in [0.2, 0.25) is 0 Å². The van der Waals surface area contributed by atoms with Crippen LogP contribution in [0.5, 0.6) is 5.75 Å². The van der Waals surface area contributed by atoms with Crippen LogP contribution in [-0.4, -0.2) is 38.2 Å². The van der Waals surface area contributed by atoms with Crippen molar-refractivity contribution in [1.29, 1.82) is 0 Å². The van der Waals surface area contributed by atoms with E-state index in [-0.39, 0.29) is 10.6 Å². The lowest BCUT2D eigenvalue weighted by Gasteiger charge is -2.37. The highest BCUT2D eigenvalue weighted by atomic mass is 16.6. The molecular formula is C19H23N3O3. The molecule has 2 aromatic rings. The molecule has 1 fully saturated rings. The van der Waals surface area contributed by atoms with Crippen LogP contribution < -0.4 is 14.5 Å². The Hall–Kier alpha value is -2.76. The molecule has 1 heterocycles. The van der Waals surface area contributed by atoms with Crippen molar-refractivity contribution in [2.75, 3.05) is 43.1 Å². The van der Waals surface area contributed by atoms with Crippen LogP contribution in [0.15, 0.2) is 36.4 Å². The first kappa shape index (κ1) is 17.1. The largest absolute Gasteiger partial charge is 0.496 e. The average molecular weight is 341 g/mol. The van der Waals surface area contributed by atoms with Crippen LogP contribution in [0.1, 0.15) is 11.1 Å². The number of nitro groups is 1. The van der Waals surface area contributed by atoms with Crippen molar-refractivity contribution < 1.29 is 9.66 Å². The van der Waals surface area contributed by atoms with E-state index in [0.29, 0.717) is 0 Å². The zero-order chi connectivity index (χ0) is 18.0. The van der Waals surface area contributed by atoms with Gasteiger partial charge in [0, 0.05) is 49.7 Å². The number of nitro benzene ring substituents is 1. The van der Waals surface area contributed by atoms with Gasteiger partial charge in [0.15, 0.2) is 0 Å². The summed E-state index contributed by atoms with van der Waals surface area (Å²) in [5, 5.41) is 10.8. The van der Waals surface area contributed by atoms with Crippen LogP contribution in [-0.2, 0) is 0 Å². The summed E-state index contributed by atoms with van der Waals surface area (Å²) in [5.41, 5.74) is 4.68. The highest BCUT2D eigenvalue weighted by molar-refractivity contribution is 5.58. The fraction of sp³-hybridized carbons (Fsp3) is 0.368. The Kier molecular flexibility index (Phi) is 4.79. The summed E-state index contributed by atoms with van der Waals surface area (Å²) < 4.78 is 5.44. The molecule has 0 unspecified atom stereocenters. The molecule has 0 radical (unpaired) electrons. The lowest BCUT2D eigenvalue weighted by Crippen LogP contribution is -2.46. The lowest BCUT2D eigenvalue weighted by molar-refractivity contribution is -0.384. The second kappa shape index (κ2) is 7.01. The third-order valence-corrected chi connectivity index (χ3v) is 4.72. The van der Waals surface area contributed by atoms with Gasteiger partial charge >= 0.3 is 0 Å². The number of hydrogen-bond acceptors (Lipinski definition) is 5. The second-order valence-corrected chi connectivity index (χ2v) is 6.36. The highest BCUT2D eigenvalue weighted by Gasteiger charge is 2.19. The minimum atomic E-state index is -0.365. The molecule has 0 spiro atoms. The number of rotatable bonds is 4. The lowest BCUT2D eigenvalue weighted by atomic mass is 10.1. The summed E-state index contributed by atoms with van der Waals surface area (Å²) in [7, 11) is 1.71. The van der Waals surface area contributed by atoms with Crippen LogP contribution >= 0.6 is 0 Å². The van der Waals surface area contributed by atoms with E-state index in [1.165, 1.54) is 5.69 Å². The van der Waals surface area contributed by atoms with E-state index < -0.39 is 0 Å². The fourth-order valence-corrected chi connectivity index (χ4v) is 3.44. The number of hydrogen-bond donors (Lipinski definition) is 0.